The number of nitrogens with one attached hydrogen (secondary N) is 2. The summed E-state index contributed by atoms with van der Waals surface area (Å²) >= 11 is 0. The minimum absolute atomic E-state index is 0.148. The molecule has 3 unspecified atom stereocenters. The van der Waals surface area contributed by atoms with Gasteiger partial charge in [0.05, 0.1) is 5.69 Å². The van der Waals surface area contributed by atoms with Crippen LogP contribution in [0.25, 0.3) is 11.3 Å². The van der Waals surface area contributed by atoms with Crippen molar-refractivity contribution in [3.05, 3.63) is 82.1 Å². The second kappa shape index (κ2) is 8.97. The van der Waals surface area contributed by atoms with E-state index in [0.717, 1.165) is 11.1 Å². The molecule has 1 aliphatic carbocycles. The molecular weight excluding hydrogens is 423 g/mol. The summed E-state index contributed by atoms with van der Waals surface area (Å²) in [6, 6.07) is 8.62. The number of carbonyl (C=O) groups is 2. The second-order valence-corrected chi connectivity index (χ2v) is 8.49. The number of anilines is 1. The summed E-state index contributed by atoms with van der Waals surface area (Å²) in [5.41, 5.74) is 3.03. The summed E-state index contributed by atoms with van der Waals surface area (Å²) in [7, 11) is 1.58. The average molecular weight is 448 g/mol. The van der Waals surface area contributed by atoms with Crippen LogP contribution in [0.2, 0.25) is 0 Å². The van der Waals surface area contributed by atoms with Gasteiger partial charge in [-0.15, -0.1) is 0 Å². The highest BCUT2D eigenvalue weighted by atomic mass is 19.1. The quantitative estimate of drug-likeness (QED) is 0.750. The molecule has 2 amide bonds. The number of halogens is 1. The van der Waals surface area contributed by atoms with Crippen molar-refractivity contribution in [2.75, 3.05) is 5.32 Å². The Morgan fingerprint density at radius 3 is 2.76 bits per heavy atom. The topological polar surface area (TPSA) is 93.1 Å². The van der Waals surface area contributed by atoms with Gasteiger partial charge in [0.2, 0.25) is 5.91 Å². The van der Waals surface area contributed by atoms with Gasteiger partial charge in [0, 0.05) is 48.5 Å². The van der Waals surface area contributed by atoms with Crippen LogP contribution in [0.15, 0.2) is 71.0 Å². The predicted octanol–water partition coefficient (Wildman–Crippen LogP) is 3.39. The zero-order valence-electron chi connectivity index (χ0n) is 18.6. The molecule has 1 aliphatic heterocycles. The molecule has 1 aromatic carbocycles. The number of carbonyl (C=O) groups excluding carboxylic acids is 2. The zero-order chi connectivity index (χ0) is 23.7. The van der Waals surface area contributed by atoms with Crippen LogP contribution in [0.1, 0.15) is 18.9 Å². The van der Waals surface area contributed by atoms with Crippen LogP contribution in [0, 0.1) is 24.7 Å². The molecule has 7 nitrogen and oxygen atoms in total. The molecular formula is C25H25FN4O3. The lowest BCUT2D eigenvalue weighted by Crippen LogP contribution is -2.37. The first-order valence-corrected chi connectivity index (χ1v) is 10.7. The fourth-order valence-corrected chi connectivity index (χ4v) is 4.27. The highest BCUT2D eigenvalue weighted by Gasteiger charge is 2.35. The maximum atomic E-state index is 13.6. The van der Waals surface area contributed by atoms with Gasteiger partial charge in [-0.2, -0.15) is 5.10 Å². The lowest BCUT2D eigenvalue weighted by Gasteiger charge is -2.33. The second-order valence-electron chi connectivity index (χ2n) is 8.49. The van der Waals surface area contributed by atoms with E-state index in [2.05, 4.69) is 15.7 Å². The van der Waals surface area contributed by atoms with E-state index in [1.165, 1.54) is 29.1 Å². The van der Waals surface area contributed by atoms with E-state index in [0.29, 0.717) is 17.0 Å². The number of hydrogen-bond donors (Lipinski definition) is 2. The number of aromatic nitrogens is 2. The minimum atomic E-state index is -0.372. The molecule has 0 fully saturated rings. The molecule has 0 spiro atoms. The first-order valence-electron chi connectivity index (χ1n) is 10.7. The summed E-state index contributed by atoms with van der Waals surface area (Å²) in [6.45, 7) is 3.76. The zero-order valence-corrected chi connectivity index (χ0v) is 18.6. The monoisotopic (exact) mass is 448 g/mol. The Balaban J connectivity index is 1.61. The number of hydrogen-bond acceptors (Lipinski definition) is 4. The SMILES string of the molecule is Cc1ccc(-c2ccc(=O)n(C)n2)cc1NC(=O)C1=CNC(=O)CC1C1C=CC(F)=CC1C. The van der Waals surface area contributed by atoms with Gasteiger partial charge in [0.1, 0.15) is 5.83 Å². The maximum Gasteiger partial charge on any atom is 0.266 e. The standard InChI is InChI=1S/C25H25FN4O3/c1-14-4-5-16(21-8-9-24(32)30(3)29-21)11-22(14)28-25(33)20-13-27-23(31)12-19(20)18-7-6-17(26)10-15(18)2/h4-11,13,15,18-19H,12H2,1-3H3,(H,27,31)(H,28,33). The van der Waals surface area contributed by atoms with Crippen molar-refractivity contribution in [1.29, 1.82) is 0 Å². The van der Waals surface area contributed by atoms with Gasteiger partial charge in [-0.05, 0) is 48.6 Å². The Morgan fingerprint density at radius 1 is 1.24 bits per heavy atom. The summed E-state index contributed by atoms with van der Waals surface area (Å²) < 4.78 is 14.9. The van der Waals surface area contributed by atoms with Gasteiger partial charge in [0.25, 0.3) is 11.5 Å². The molecule has 4 rings (SSSR count). The van der Waals surface area contributed by atoms with Crippen molar-refractivity contribution < 1.29 is 14.0 Å². The summed E-state index contributed by atoms with van der Waals surface area (Å²) in [4.78, 5) is 37.0. The fraction of sp³-hybridized carbons (Fsp3) is 0.280. The van der Waals surface area contributed by atoms with Gasteiger partial charge < -0.3 is 10.6 Å². The highest BCUT2D eigenvalue weighted by molar-refractivity contribution is 6.06. The summed E-state index contributed by atoms with van der Waals surface area (Å²) in [6.07, 6.45) is 6.24. The van der Waals surface area contributed by atoms with Crippen LogP contribution in [0.3, 0.4) is 0 Å². The van der Waals surface area contributed by atoms with E-state index >= 15 is 0 Å². The largest absolute Gasteiger partial charge is 0.332 e. The van der Waals surface area contributed by atoms with E-state index in [-0.39, 0.29) is 47.4 Å². The van der Waals surface area contributed by atoms with Crippen LogP contribution in [0.4, 0.5) is 10.1 Å². The van der Waals surface area contributed by atoms with E-state index in [4.69, 9.17) is 0 Å². The van der Waals surface area contributed by atoms with Crippen molar-refractivity contribution in [2.45, 2.75) is 20.3 Å². The van der Waals surface area contributed by atoms with Crippen LogP contribution in [-0.4, -0.2) is 21.6 Å². The molecule has 0 saturated heterocycles. The molecule has 2 aliphatic rings. The van der Waals surface area contributed by atoms with Crippen LogP contribution in [0.5, 0.6) is 0 Å². The normalized spacial score (nSPS) is 22.3. The Hall–Kier alpha value is -3.81. The van der Waals surface area contributed by atoms with E-state index in [1.54, 1.807) is 25.3 Å². The molecule has 170 valence electrons. The first kappa shape index (κ1) is 22.4. The lowest BCUT2D eigenvalue weighted by molar-refractivity contribution is -0.122. The van der Waals surface area contributed by atoms with E-state index < -0.39 is 0 Å². The number of nitrogens with zero attached hydrogens (tertiary/aromatic N) is 2. The van der Waals surface area contributed by atoms with Crippen LogP contribution in [-0.2, 0) is 16.6 Å². The third kappa shape index (κ3) is 4.69. The van der Waals surface area contributed by atoms with E-state index in [1.807, 2.05) is 26.0 Å². The molecule has 0 saturated carbocycles. The molecule has 3 atom stereocenters. The maximum absolute atomic E-state index is 13.6. The summed E-state index contributed by atoms with van der Waals surface area (Å²) in [5, 5.41) is 9.86. The third-order valence-corrected chi connectivity index (χ3v) is 6.17. The van der Waals surface area contributed by atoms with Gasteiger partial charge in [-0.3, -0.25) is 14.4 Å². The molecule has 2 aromatic rings. The number of benzene rings is 1. The average Bonchev–Trinajstić information content (AvgIpc) is 2.77. The number of amides is 2. The smallest absolute Gasteiger partial charge is 0.266 e. The Labute approximate surface area is 190 Å². The molecule has 0 radical (unpaired) electrons. The first-order chi connectivity index (χ1) is 15.7. The minimum Gasteiger partial charge on any atom is -0.332 e. The Morgan fingerprint density at radius 2 is 2.03 bits per heavy atom. The van der Waals surface area contributed by atoms with Gasteiger partial charge in [0.15, 0.2) is 0 Å². The van der Waals surface area contributed by atoms with Crippen LogP contribution >= 0.6 is 0 Å². The Bertz CT molecular complexity index is 1270. The van der Waals surface area contributed by atoms with Crippen molar-refractivity contribution >= 4 is 17.5 Å². The van der Waals surface area contributed by atoms with Crippen molar-refractivity contribution in [1.82, 2.24) is 15.1 Å². The predicted molar refractivity (Wildman–Crippen MR) is 124 cm³/mol. The van der Waals surface area contributed by atoms with Gasteiger partial charge >= 0.3 is 0 Å². The molecule has 8 heteroatoms. The summed E-state index contributed by atoms with van der Waals surface area (Å²) in [5.74, 6) is -1.51. The molecule has 33 heavy (non-hydrogen) atoms. The van der Waals surface area contributed by atoms with Gasteiger partial charge in [-0.1, -0.05) is 25.1 Å². The molecule has 1 aromatic heterocycles. The van der Waals surface area contributed by atoms with Crippen LogP contribution < -0.4 is 16.2 Å². The number of rotatable bonds is 4. The Kier molecular flexibility index (Phi) is 6.09. The lowest BCUT2D eigenvalue weighted by atomic mass is 9.73. The van der Waals surface area contributed by atoms with E-state index in [9.17, 15) is 18.8 Å². The molecule has 2 heterocycles. The van der Waals surface area contributed by atoms with Crippen molar-refractivity contribution in [3.63, 3.8) is 0 Å². The number of allylic oxidation sites excluding steroid dienone is 4. The third-order valence-electron chi connectivity index (χ3n) is 6.17. The van der Waals surface area contributed by atoms with Gasteiger partial charge in [-0.25, -0.2) is 9.07 Å². The molecule has 2 N–H and O–H groups in total. The highest BCUT2D eigenvalue weighted by Crippen LogP contribution is 2.37. The van der Waals surface area contributed by atoms with Crippen molar-refractivity contribution in [2.24, 2.45) is 24.8 Å². The van der Waals surface area contributed by atoms with Crippen molar-refractivity contribution in [3.8, 4) is 11.3 Å². The number of aryl methyl sites for hydroxylation is 2. The fourth-order valence-electron chi connectivity index (χ4n) is 4.27. The molecule has 0 bridgehead atoms.